The van der Waals surface area contributed by atoms with Crippen molar-refractivity contribution in [1.82, 2.24) is 14.3 Å². The molecular weight excluding hydrogens is 354 g/mol. The van der Waals surface area contributed by atoms with E-state index in [1.165, 1.54) is 6.92 Å². The van der Waals surface area contributed by atoms with Gasteiger partial charge in [0.1, 0.15) is 5.65 Å². The fourth-order valence-corrected chi connectivity index (χ4v) is 3.56. The Morgan fingerprint density at radius 1 is 1.18 bits per heavy atom. The van der Waals surface area contributed by atoms with Gasteiger partial charge in [-0.2, -0.15) is 0 Å². The zero-order valence-corrected chi connectivity index (χ0v) is 16.0. The van der Waals surface area contributed by atoms with Crippen molar-refractivity contribution in [3.63, 3.8) is 0 Å². The van der Waals surface area contributed by atoms with Crippen molar-refractivity contribution in [3.8, 4) is 0 Å². The number of imidazole rings is 1. The van der Waals surface area contributed by atoms with Gasteiger partial charge in [-0.15, -0.1) is 0 Å². The minimum absolute atomic E-state index is 0.0584. The van der Waals surface area contributed by atoms with E-state index in [-0.39, 0.29) is 17.9 Å². The molecule has 1 atom stereocenters. The Hall–Kier alpha value is -3.19. The van der Waals surface area contributed by atoms with Gasteiger partial charge in [0.25, 0.3) is 0 Å². The highest BCUT2D eigenvalue weighted by atomic mass is 16.2. The summed E-state index contributed by atoms with van der Waals surface area (Å²) in [5.41, 5.74) is 2.64. The van der Waals surface area contributed by atoms with Gasteiger partial charge in [0.2, 0.25) is 11.8 Å². The summed E-state index contributed by atoms with van der Waals surface area (Å²) < 4.78 is 1.93. The standard InChI is InChI=1S/C21H23N5O2/c1-15(27)22-17-8-6-16(7-9-17)13-18-21(28)26(12-11-24(18)2)20-14-25-10-4-3-5-19(25)23-20/h3-10,14,18H,11-13H2,1-2H3,(H,22,27)/t18-/m1/s1. The third kappa shape index (κ3) is 3.61. The molecule has 4 rings (SSSR count). The molecule has 0 radical (unpaired) electrons. The van der Waals surface area contributed by atoms with E-state index in [9.17, 15) is 9.59 Å². The molecule has 7 heteroatoms. The number of hydrogen-bond acceptors (Lipinski definition) is 4. The Balaban J connectivity index is 1.53. The van der Waals surface area contributed by atoms with Gasteiger partial charge in [-0.25, -0.2) is 4.98 Å². The van der Waals surface area contributed by atoms with E-state index >= 15 is 0 Å². The van der Waals surface area contributed by atoms with Gasteiger partial charge in [-0.1, -0.05) is 18.2 Å². The number of carbonyl (C=O) groups is 2. The van der Waals surface area contributed by atoms with Crippen LogP contribution in [0, 0.1) is 0 Å². The maximum atomic E-state index is 13.2. The lowest BCUT2D eigenvalue weighted by atomic mass is 10.0. The third-order valence-corrected chi connectivity index (χ3v) is 5.09. The number of benzene rings is 1. The maximum absolute atomic E-state index is 13.2. The molecule has 3 heterocycles. The summed E-state index contributed by atoms with van der Waals surface area (Å²) in [7, 11) is 1.98. The van der Waals surface area contributed by atoms with E-state index in [4.69, 9.17) is 0 Å². The number of likely N-dealkylation sites (N-methyl/N-ethyl adjacent to an activating group) is 1. The quantitative estimate of drug-likeness (QED) is 0.757. The minimum atomic E-state index is -0.245. The molecule has 0 spiro atoms. The van der Waals surface area contributed by atoms with Crippen LogP contribution in [-0.2, 0) is 16.0 Å². The molecule has 1 aliphatic rings. The molecule has 0 unspecified atom stereocenters. The van der Waals surface area contributed by atoms with E-state index in [1.54, 1.807) is 4.90 Å². The lowest BCUT2D eigenvalue weighted by molar-refractivity contribution is -0.125. The number of rotatable bonds is 4. The summed E-state index contributed by atoms with van der Waals surface area (Å²) in [6, 6.07) is 13.2. The Kier molecular flexibility index (Phi) is 4.83. The van der Waals surface area contributed by atoms with E-state index in [0.717, 1.165) is 23.4 Å². The second-order valence-corrected chi connectivity index (χ2v) is 7.13. The monoisotopic (exact) mass is 377 g/mol. The fourth-order valence-electron chi connectivity index (χ4n) is 3.56. The number of carbonyl (C=O) groups excluding carboxylic acids is 2. The van der Waals surface area contributed by atoms with Gasteiger partial charge < -0.3 is 9.72 Å². The van der Waals surface area contributed by atoms with E-state index in [0.29, 0.717) is 18.8 Å². The van der Waals surface area contributed by atoms with Crippen LogP contribution in [-0.4, -0.2) is 52.3 Å². The van der Waals surface area contributed by atoms with Crippen LogP contribution in [0.1, 0.15) is 12.5 Å². The number of piperazine rings is 1. The molecule has 0 bridgehead atoms. The Bertz CT molecular complexity index is 978. The van der Waals surface area contributed by atoms with Gasteiger partial charge in [0.05, 0.1) is 12.2 Å². The average Bonchev–Trinajstić information content (AvgIpc) is 3.10. The Labute approximate surface area is 163 Å². The molecule has 0 aliphatic carbocycles. The average molecular weight is 377 g/mol. The number of fused-ring (bicyclic) bond motifs is 1. The van der Waals surface area contributed by atoms with Crippen molar-refractivity contribution in [1.29, 1.82) is 0 Å². The molecular formula is C21H23N5O2. The van der Waals surface area contributed by atoms with Gasteiger partial charge in [-0.05, 0) is 43.3 Å². The first kappa shape index (κ1) is 18.2. The number of amides is 2. The molecule has 2 amide bonds. The molecule has 3 aromatic rings. The summed E-state index contributed by atoms with van der Waals surface area (Å²) in [6.07, 6.45) is 4.44. The van der Waals surface area contributed by atoms with Crippen molar-refractivity contribution >= 4 is 29.0 Å². The lowest BCUT2D eigenvalue weighted by Gasteiger charge is -2.37. The first-order chi connectivity index (χ1) is 13.5. The van der Waals surface area contributed by atoms with Gasteiger partial charge in [0.15, 0.2) is 5.82 Å². The van der Waals surface area contributed by atoms with E-state index in [1.807, 2.05) is 66.3 Å². The molecule has 1 aliphatic heterocycles. The van der Waals surface area contributed by atoms with Crippen molar-refractivity contribution in [3.05, 3.63) is 60.4 Å². The van der Waals surface area contributed by atoms with Crippen LogP contribution in [0.4, 0.5) is 11.5 Å². The molecule has 1 fully saturated rings. The smallest absolute Gasteiger partial charge is 0.245 e. The van der Waals surface area contributed by atoms with Crippen molar-refractivity contribution in [2.45, 2.75) is 19.4 Å². The van der Waals surface area contributed by atoms with Crippen LogP contribution in [0.2, 0.25) is 0 Å². The normalized spacial score (nSPS) is 17.9. The summed E-state index contributed by atoms with van der Waals surface area (Å²) >= 11 is 0. The highest BCUT2D eigenvalue weighted by molar-refractivity contribution is 5.97. The van der Waals surface area contributed by atoms with Crippen LogP contribution in [0.25, 0.3) is 5.65 Å². The molecule has 1 aromatic carbocycles. The van der Waals surface area contributed by atoms with Gasteiger partial charge in [0, 0.05) is 31.9 Å². The zero-order chi connectivity index (χ0) is 19.7. The molecule has 7 nitrogen and oxygen atoms in total. The maximum Gasteiger partial charge on any atom is 0.245 e. The van der Waals surface area contributed by atoms with Crippen LogP contribution >= 0.6 is 0 Å². The summed E-state index contributed by atoms with van der Waals surface area (Å²) in [5, 5.41) is 2.76. The van der Waals surface area contributed by atoms with E-state index in [2.05, 4.69) is 15.2 Å². The molecule has 1 saturated heterocycles. The second-order valence-electron chi connectivity index (χ2n) is 7.13. The summed E-state index contributed by atoms with van der Waals surface area (Å²) in [5.74, 6) is 0.649. The predicted molar refractivity (Wildman–Crippen MR) is 108 cm³/mol. The lowest BCUT2D eigenvalue weighted by Crippen LogP contribution is -2.56. The highest BCUT2D eigenvalue weighted by Crippen LogP contribution is 2.22. The highest BCUT2D eigenvalue weighted by Gasteiger charge is 2.34. The molecule has 2 aromatic heterocycles. The van der Waals surface area contributed by atoms with Crippen LogP contribution < -0.4 is 10.2 Å². The van der Waals surface area contributed by atoms with Crippen molar-refractivity contribution in [2.75, 3.05) is 30.4 Å². The predicted octanol–water partition coefficient (Wildman–Crippen LogP) is 2.18. The molecule has 0 saturated carbocycles. The molecule has 144 valence electrons. The number of nitrogens with one attached hydrogen (secondary N) is 1. The number of nitrogens with zero attached hydrogens (tertiary/aromatic N) is 4. The molecule has 28 heavy (non-hydrogen) atoms. The number of hydrogen-bond donors (Lipinski definition) is 1. The number of anilines is 2. The fraction of sp³-hybridized carbons (Fsp3) is 0.286. The van der Waals surface area contributed by atoms with Crippen LogP contribution in [0.5, 0.6) is 0 Å². The number of pyridine rings is 1. The second kappa shape index (κ2) is 7.44. The first-order valence-electron chi connectivity index (χ1n) is 9.33. The number of aromatic nitrogens is 2. The van der Waals surface area contributed by atoms with Crippen molar-refractivity contribution in [2.24, 2.45) is 0 Å². The van der Waals surface area contributed by atoms with Crippen LogP contribution in [0.3, 0.4) is 0 Å². The van der Waals surface area contributed by atoms with Gasteiger partial charge in [-0.3, -0.25) is 19.4 Å². The summed E-state index contributed by atoms with van der Waals surface area (Å²) in [6.45, 7) is 2.89. The first-order valence-corrected chi connectivity index (χ1v) is 9.33. The van der Waals surface area contributed by atoms with Crippen LogP contribution in [0.15, 0.2) is 54.9 Å². The third-order valence-electron chi connectivity index (χ3n) is 5.09. The SMILES string of the molecule is CC(=O)Nc1ccc(C[C@@H]2C(=O)N(c3cn4ccccc4n3)CCN2C)cc1. The van der Waals surface area contributed by atoms with Crippen molar-refractivity contribution < 1.29 is 9.59 Å². The van der Waals surface area contributed by atoms with Gasteiger partial charge >= 0.3 is 0 Å². The largest absolute Gasteiger partial charge is 0.326 e. The molecule has 1 N–H and O–H groups in total. The van der Waals surface area contributed by atoms with E-state index < -0.39 is 0 Å². The topological polar surface area (TPSA) is 70.0 Å². The summed E-state index contributed by atoms with van der Waals surface area (Å²) in [4.78, 5) is 32.8. The Morgan fingerprint density at radius 3 is 2.68 bits per heavy atom. The zero-order valence-electron chi connectivity index (χ0n) is 16.0. The minimum Gasteiger partial charge on any atom is -0.326 e. The Morgan fingerprint density at radius 2 is 1.96 bits per heavy atom.